The molecule has 1 atom stereocenters. The van der Waals surface area contributed by atoms with Crippen LogP contribution in [0.15, 0.2) is 72.8 Å². The summed E-state index contributed by atoms with van der Waals surface area (Å²) in [6.45, 7) is 2.34. The van der Waals surface area contributed by atoms with E-state index in [1.165, 1.54) is 6.07 Å². The van der Waals surface area contributed by atoms with Crippen LogP contribution in [0.4, 0.5) is 4.39 Å². The van der Waals surface area contributed by atoms with E-state index in [0.29, 0.717) is 38.2 Å². The number of nitrogens with zero attached hydrogens (tertiary/aromatic N) is 1. The van der Waals surface area contributed by atoms with Gasteiger partial charge in [0.05, 0.1) is 13.0 Å². The van der Waals surface area contributed by atoms with Crippen molar-refractivity contribution in [2.45, 2.75) is 13.0 Å². The highest BCUT2D eigenvalue weighted by Gasteiger charge is 2.26. The van der Waals surface area contributed by atoms with E-state index in [1.807, 2.05) is 48.5 Å². The second-order valence-corrected chi connectivity index (χ2v) is 7.88. The first-order valence-corrected chi connectivity index (χ1v) is 10.6. The van der Waals surface area contributed by atoms with Gasteiger partial charge in [-0.05, 0) is 29.7 Å². The summed E-state index contributed by atoms with van der Waals surface area (Å²) in [5, 5.41) is 3.03. The number of para-hydroxylation sites is 1. The summed E-state index contributed by atoms with van der Waals surface area (Å²) in [4.78, 5) is 15.0. The lowest BCUT2D eigenvalue weighted by Crippen LogP contribution is -2.33. The van der Waals surface area contributed by atoms with E-state index >= 15 is 0 Å². The number of ether oxygens (including phenoxy) is 1. The van der Waals surface area contributed by atoms with Crippen LogP contribution in [-0.4, -0.2) is 37.6 Å². The van der Waals surface area contributed by atoms with Crippen molar-refractivity contribution in [2.24, 2.45) is 5.92 Å². The number of benzene rings is 3. The maximum Gasteiger partial charge on any atom is 0.224 e. The Balaban J connectivity index is 1.58. The Kier molecular flexibility index (Phi) is 6.63. The summed E-state index contributed by atoms with van der Waals surface area (Å²) in [6, 6.07) is 22.9. The Labute approximate surface area is 182 Å². The molecule has 3 aromatic carbocycles. The molecule has 0 radical (unpaired) electrons. The lowest BCUT2D eigenvalue weighted by atomic mass is 9.91. The van der Waals surface area contributed by atoms with Crippen molar-refractivity contribution in [1.29, 1.82) is 0 Å². The van der Waals surface area contributed by atoms with E-state index in [0.717, 1.165) is 22.4 Å². The van der Waals surface area contributed by atoms with Crippen LogP contribution in [0.5, 0.6) is 5.75 Å². The molecule has 5 heteroatoms. The van der Waals surface area contributed by atoms with Gasteiger partial charge in [0.25, 0.3) is 0 Å². The van der Waals surface area contributed by atoms with E-state index in [2.05, 4.69) is 22.3 Å². The number of hydrogen-bond acceptors (Lipinski definition) is 3. The molecule has 0 spiro atoms. The largest absolute Gasteiger partial charge is 0.496 e. The predicted molar refractivity (Wildman–Crippen MR) is 120 cm³/mol. The van der Waals surface area contributed by atoms with Crippen LogP contribution >= 0.6 is 0 Å². The fraction of sp³-hybridized carbons (Fsp3) is 0.269. The Hall–Kier alpha value is -3.18. The smallest absolute Gasteiger partial charge is 0.224 e. The van der Waals surface area contributed by atoms with Crippen LogP contribution in [0.2, 0.25) is 0 Å². The zero-order chi connectivity index (χ0) is 21.6. The Morgan fingerprint density at radius 3 is 2.42 bits per heavy atom. The van der Waals surface area contributed by atoms with Crippen molar-refractivity contribution in [2.75, 3.05) is 26.7 Å². The number of methoxy groups -OCH3 is 1. The van der Waals surface area contributed by atoms with Gasteiger partial charge in [-0.1, -0.05) is 60.7 Å². The van der Waals surface area contributed by atoms with Crippen LogP contribution in [0, 0.1) is 11.7 Å². The van der Waals surface area contributed by atoms with Gasteiger partial charge in [-0.25, -0.2) is 4.39 Å². The fourth-order valence-corrected chi connectivity index (χ4v) is 4.23. The van der Waals surface area contributed by atoms with Gasteiger partial charge in [0, 0.05) is 37.3 Å². The molecule has 1 amide bonds. The standard InChI is InChI=1S/C26H27FN2O2/c1-31-25-13-7-5-11-23(25)22-10-4-2-8-19(22)16-21-18-29(15-14-28-26(21)30)17-20-9-3-6-12-24(20)27/h2-13,21H,14-18H2,1H3,(H,28,30). The maximum atomic E-state index is 14.2. The quantitative estimate of drug-likeness (QED) is 0.649. The molecule has 1 heterocycles. The van der Waals surface area contributed by atoms with E-state index in [4.69, 9.17) is 4.74 Å². The van der Waals surface area contributed by atoms with Gasteiger partial charge in [-0.3, -0.25) is 9.69 Å². The SMILES string of the molecule is COc1ccccc1-c1ccccc1CC1CN(Cc2ccccc2F)CCNC1=O. The highest BCUT2D eigenvalue weighted by atomic mass is 19.1. The summed E-state index contributed by atoms with van der Waals surface area (Å²) in [7, 11) is 1.67. The summed E-state index contributed by atoms with van der Waals surface area (Å²) >= 11 is 0. The molecule has 3 aromatic rings. The van der Waals surface area contributed by atoms with Gasteiger partial charge < -0.3 is 10.1 Å². The Morgan fingerprint density at radius 1 is 0.968 bits per heavy atom. The Bertz CT molecular complexity index is 1050. The van der Waals surface area contributed by atoms with Gasteiger partial charge in [0.15, 0.2) is 0 Å². The number of amides is 1. The van der Waals surface area contributed by atoms with Crippen molar-refractivity contribution in [3.8, 4) is 16.9 Å². The van der Waals surface area contributed by atoms with Crippen LogP contribution in [0.3, 0.4) is 0 Å². The number of nitrogens with one attached hydrogen (secondary N) is 1. The molecule has 1 N–H and O–H groups in total. The molecule has 0 bridgehead atoms. The third-order valence-corrected chi connectivity index (χ3v) is 5.81. The molecule has 4 rings (SSSR count). The minimum Gasteiger partial charge on any atom is -0.496 e. The minimum absolute atomic E-state index is 0.0471. The van der Waals surface area contributed by atoms with Crippen LogP contribution in [0.1, 0.15) is 11.1 Å². The maximum absolute atomic E-state index is 14.2. The van der Waals surface area contributed by atoms with E-state index in [9.17, 15) is 9.18 Å². The number of carbonyl (C=O) groups excluding carboxylic acids is 1. The zero-order valence-electron chi connectivity index (χ0n) is 17.7. The van der Waals surface area contributed by atoms with Gasteiger partial charge in [-0.2, -0.15) is 0 Å². The van der Waals surface area contributed by atoms with Crippen molar-refractivity contribution in [1.82, 2.24) is 10.2 Å². The number of rotatable bonds is 6. The normalized spacial score (nSPS) is 17.1. The first-order valence-electron chi connectivity index (χ1n) is 10.6. The summed E-state index contributed by atoms with van der Waals surface area (Å²) in [5.74, 6) is 0.432. The van der Waals surface area contributed by atoms with Crippen molar-refractivity contribution in [3.05, 3.63) is 89.7 Å². The zero-order valence-corrected chi connectivity index (χ0v) is 17.7. The van der Waals surface area contributed by atoms with Crippen molar-refractivity contribution < 1.29 is 13.9 Å². The van der Waals surface area contributed by atoms with E-state index < -0.39 is 0 Å². The average molecular weight is 419 g/mol. The molecule has 1 saturated heterocycles. The van der Waals surface area contributed by atoms with Crippen LogP contribution in [0.25, 0.3) is 11.1 Å². The highest BCUT2D eigenvalue weighted by molar-refractivity contribution is 5.80. The molecular weight excluding hydrogens is 391 g/mol. The second kappa shape index (κ2) is 9.75. The number of hydrogen-bond donors (Lipinski definition) is 1. The molecule has 0 aliphatic carbocycles. The van der Waals surface area contributed by atoms with Crippen LogP contribution in [-0.2, 0) is 17.8 Å². The first-order chi connectivity index (χ1) is 15.2. The predicted octanol–water partition coefficient (Wildman–Crippen LogP) is 4.29. The molecule has 0 aromatic heterocycles. The molecule has 1 aliphatic heterocycles. The van der Waals surface area contributed by atoms with Gasteiger partial charge in [0.2, 0.25) is 5.91 Å². The number of carbonyl (C=O) groups is 1. The van der Waals surface area contributed by atoms with Gasteiger partial charge in [0.1, 0.15) is 11.6 Å². The second-order valence-electron chi connectivity index (χ2n) is 7.88. The fourth-order valence-electron chi connectivity index (χ4n) is 4.23. The third-order valence-electron chi connectivity index (χ3n) is 5.81. The lowest BCUT2D eigenvalue weighted by molar-refractivity contribution is -0.124. The molecule has 31 heavy (non-hydrogen) atoms. The van der Waals surface area contributed by atoms with Gasteiger partial charge >= 0.3 is 0 Å². The first kappa shape index (κ1) is 21.1. The van der Waals surface area contributed by atoms with Gasteiger partial charge in [-0.15, -0.1) is 0 Å². The monoisotopic (exact) mass is 418 g/mol. The summed E-state index contributed by atoms with van der Waals surface area (Å²) < 4.78 is 19.7. The third kappa shape index (κ3) is 4.94. The number of halogens is 1. The topological polar surface area (TPSA) is 41.6 Å². The summed E-state index contributed by atoms with van der Waals surface area (Å²) in [5.41, 5.74) is 3.83. The van der Waals surface area contributed by atoms with E-state index in [-0.39, 0.29) is 17.6 Å². The molecule has 160 valence electrons. The minimum atomic E-state index is -0.217. The average Bonchev–Trinajstić information content (AvgIpc) is 2.96. The molecule has 1 fully saturated rings. The molecule has 1 aliphatic rings. The Morgan fingerprint density at radius 2 is 1.65 bits per heavy atom. The van der Waals surface area contributed by atoms with E-state index in [1.54, 1.807) is 13.2 Å². The van der Waals surface area contributed by atoms with Crippen molar-refractivity contribution >= 4 is 5.91 Å². The summed E-state index contributed by atoms with van der Waals surface area (Å²) in [6.07, 6.45) is 0.605. The lowest BCUT2D eigenvalue weighted by Gasteiger charge is -2.24. The van der Waals surface area contributed by atoms with Crippen LogP contribution < -0.4 is 10.1 Å². The van der Waals surface area contributed by atoms with Crippen molar-refractivity contribution in [3.63, 3.8) is 0 Å². The molecule has 0 saturated carbocycles. The highest BCUT2D eigenvalue weighted by Crippen LogP contribution is 2.33. The molecular formula is C26H27FN2O2. The molecule has 4 nitrogen and oxygen atoms in total. The molecule has 1 unspecified atom stereocenters.